The second-order valence-electron chi connectivity index (χ2n) is 8.97. The lowest BCUT2D eigenvalue weighted by Crippen LogP contribution is -2.34. The van der Waals surface area contributed by atoms with E-state index < -0.39 is 0 Å². The molecule has 3 aromatic carbocycles. The number of ether oxygens (including phenoxy) is 1. The molecule has 1 aromatic heterocycles. The summed E-state index contributed by atoms with van der Waals surface area (Å²) in [4.78, 5) is 27.6. The predicted molar refractivity (Wildman–Crippen MR) is 147 cm³/mol. The fraction of sp³-hybridized carbons (Fsp3) is 0.300. The normalized spacial score (nSPS) is 10.9. The van der Waals surface area contributed by atoms with Crippen LogP contribution in [0.4, 0.5) is 5.69 Å². The first-order valence-corrected chi connectivity index (χ1v) is 12.6. The molecule has 0 bridgehead atoms. The van der Waals surface area contributed by atoms with Gasteiger partial charge in [0, 0.05) is 72.8 Å². The number of nitrogens with zero attached hydrogens (tertiary/aromatic N) is 3. The maximum Gasteiger partial charge on any atom is 0.253 e. The van der Waals surface area contributed by atoms with Crippen molar-refractivity contribution in [2.45, 2.75) is 32.7 Å². The van der Waals surface area contributed by atoms with Crippen LogP contribution in [0.25, 0.3) is 21.8 Å². The minimum atomic E-state index is -0.112. The second-order valence-corrected chi connectivity index (χ2v) is 8.97. The van der Waals surface area contributed by atoms with E-state index in [1.807, 2.05) is 24.3 Å². The van der Waals surface area contributed by atoms with Crippen LogP contribution < -0.4 is 5.32 Å². The summed E-state index contributed by atoms with van der Waals surface area (Å²) in [5, 5.41) is 14.3. The Labute approximate surface area is 217 Å². The zero-order valence-electron chi connectivity index (χ0n) is 21.4. The van der Waals surface area contributed by atoms with E-state index in [0.29, 0.717) is 50.1 Å². The van der Waals surface area contributed by atoms with Gasteiger partial charge in [0.2, 0.25) is 5.91 Å². The van der Waals surface area contributed by atoms with Gasteiger partial charge in [-0.15, -0.1) is 0 Å². The summed E-state index contributed by atoms with van der Waals surface area (Å²) in [7, 11) is 1.63. The molecule has 7 nitrogen and oxygen atoms in total. The molecule has 7 heteroatoms. The zero-order valence-corrected chi connectivity index (χ0v) is 21.4. The average molecular weight is 497 g/mol. The summed E-state index contributed by atoms with van der Waals surface area (Å²) in [5.41, 5.74) is 4.14. The number of hydrogen-bond donors (Lipinski definition) is 1. The van der Waals surface area contributed by atoms with Crippen molar-refractivity contribution < 1.29 is 14.3 Å². The van der Waals surface area contributed by atoms with E-state index in [4.69, 9.17) is 10.00 Å². The number of aryl methyl sites for hydroxylation is 1. The largest absolute Gasteiger partial charge is 0.385 e. The molecule has 0 unspecified atom stereocenters. The first-order chi connectivity index (χ1) is 18.0. The molecule has 0 spiro atoms. The van der Waals surface area contributed by atoms with Gasteiger partial charge in [-0.2, -0.15) is 5.26 Å². The van der Waals surface area contributed by atoms with Gasteiger partial charge in [-0.05, 0) is 68.3 Å². The number of anilines is 1. The van der Waals surface area contributed by atoms with Crippen LogP contribution in [0.3, 0.4) is 0 Å². The molecular formula is C30H32N4O3. The lowest BCUT2D eigenvalue weighted by atomic mass is 10.1. The molecular weight excluding hydrogens is 464 g/mol. The molecule has 0 saturated heterocycles. The van der Waals surface area contributed by atoms with Gasteiger partial charge in [0.25, 0.3) is 5.91 Å². The highest BCUT2D eigenvalue weighted by atomic mass is 16.5. The molecule has 0 aliphatic carbocycles. The molecule has 1 heterocycles. The van der Waals surface area contributed by atoms with Crippen LogP contribution in [0.15, 0.2) is 66.7 Å². The summed E-state index contributed by atoms with van der Waals surface area (Å²) >= 11 is 0. The van der Waals surface area contributed by atoms with Crippen molar-refractivity contribution in [2.75, 3.05) is 32.1 Å². The van der Waals surface area contributed by atoms with Crippen LogP contribution in [0, 0.1) is 11.3 Å². The van der Waals surface area contributed by atoms with Crippen LogP contribution >= 0.6 is 0 Å². The quantitative estimate of drug-likeness (QED) is 0.275. The lowest BCUT2D eigenvalue weighted by molar-refractivity contribution is -0.116. The summed E-state index contributed by atoms with van der Waals surface area (Å²) < 4.78 is 7.42. The number of methoxy groups -OCH3 is 1. The van der Waals surface area contributed by atoms with Crippen LogP contribution in [-0.2, 0) is 16.1 Å². The molecule has 4 rings (SSSR count). The molecule has 0 saturated carbocycles. The fourth-order valence-electron chi connectivity index (χ4n) is 4.71. The third kappa shape index (κ3) is 5.99. The Bertz CT molecular complexity index is 1430. The SMILES string of the molecule is CCn1c2ccccc2c2cc(NC(=O)CCCN(CCCOC)C(=O)c3ccc(C#N)cc3)ccc21. The molecule has 0 atom stereocenters. The minimum absolute atomic E-state index is 0.0822. The Morgan fingerprint density at radius 3 is 2.43 bits per heavy atom. The molecule has 0 aliphatic rings. The van der Waals surface area contributed by atoms with E-state index in [-0.39, 0.29) is 11.8 Å². The number of benzene rings is 3. The number of para-hydroxylation sites is 1. The monoisotopic (exact) mass is 496 g/mol. The number of carbonyl (C=O) groups is 2. The average Bonchev–Trinajstić information content (AvgIpc) is 3.25. The van der Waals surface area contributed by atoms with Gasteiger partial charge < -0.3 is 19.5 Å². The van der Waals surface area contributed by atoms with Gasteiger partial charge >= 0.3 is 0 Å². The molecule has 190 valence electrons. The van der Waals surface area contributed by atoms with Crippen molar-refractivity contribution in [1.29, 1.82) is 5.26 Å². The maximum atomic E-state index is 13.1. The van der Waals surface area contributed by atoms with Gasteiger partial charge in [-0.25, -0.2) is 0 Å². The number of hydrogen-bond acceptors (Lipinski definition) is 4. The van der Waals surface area contributed by atoms with Crippen molar-refractivity contribution in [3.63, 3.8) is 0 Å². The lowest BCUT2D eigenvalue weighted by Gasteiger charge is -2.23. The van der Waals surface area contributed by atoms with Crippen molar-refractivity contribution in [2.24, 2.45) is 0 Å². The summed E-state index contributed by atoms with van der Waals surface area (Å²) in [6.07, 6.45) is 1.55. The van der Waals surface area contributed by atoms with E-state index in [2.05, 4.69) is 41.1 Å². The van der Waals surface area contributed by atoms with Crippen molar-refractivity contribution in [1.82, 2.24) is 9.47 Å². The minimum Gasteiger partial charge on any atom is -0.385 e. The maximum absolute atomic E-state index is 13.1. The second kappa shape index (κ2) is 12.2. The topological polar surface area (TPSA) is 87.4 Å². The highest BCUT2D eigenvalue weighted by molar-refractivity contribution is 6.09. The molecule has 0 fully saturated rings. The zero-order chi connectivity index (χ0) is 26.2. The Morgan fingerprint density at radius 1 is 0.973 bits per heavy atom. The van der Waals surface area contributed by atoms with Gasteiger partial charge in [-0.1, -0.05) is 18.2 Å². The van der Waals surface area contributed by atoms with Crippen LogP contribution in [0.1, 0.15) is 42.1 Å². The number of rotatable bonds is 11. The van der Waals surface area contributed by atoms with Crippen LogP contribution in [-0.4, -0.2) is 48.1 Å². The first-order valence-electron chi connectivity index (χ1n) is 12.6. The molecule has 37 heavy (non-hydrogen) atoms. The van der Waals surface area contributed by atoms with E-state index in [0.717, 1.165) is 23.1 Å². The molecule has 0 radical (unpaired) electrons. The molecule has 2 amide bonds. The summed E-state index contributed by atoms with van der Waals surface area (Å²) in [6, 6.07) is 23.0. The van der Waals surface area contributed by atoms with E-state index in [9.17, 15) is 9.59 Å². The molecule has 0 aliphatic heterocycles. The number of fused-ring (bicyclic) bond motifs is 3. The van der Waals surface area contributed by atoms with E-state index >= 15 is 0 Å². The first kappa shape index (κ1) is 25.9. The van der Waals surface area contributed by atoms with E-state index in [1.165, 1.54) is 10.9 Å². The number of aromatic nitrogens is 1. The number of nitriles is 1. The molecule has 4 aromatic rings. The van der Waals surface area contributed by atoms with E-state index in [1.54, 1.807) is 36.3 Å². The smallest absolute Gasteiger partial charge is 0.253 e. The van der Waals surface area contributed by atoms with Gasteiger partial charge in [0.05, 0.1) is 11.6 Å². The van der Waals surface area contributed by atoms with Crippen LogP contribution in [0.5, 0.6) is 0 Å². The van der Waals surface area contributed by atoms with Crippen molar-refractivity contribution >= 4 is 39.3 Å². The fourth-order valence-corrected chi connectivity index (χ4v) is 4.71. The number of carbonyl (C=O) groups excluding carboxylic acids is 2. The Morgan fingerprint density at radius 2 is 1.70 bits per heavy atom. The van der Waals surface area contributed by atoms with Gasteiger partial charge in [-0.3, -0.25) is 9.59 Å². The predicted octanol–water partition coefficient (Wildman–Crippen LogP) is 5.58. The van der Waals surface area contributed by atoms with Crippen molar-refractivity contribution in [3.8, 4) is 6.07 Å². The van der Waals surface area contributed by atoms with Crippen molar-refractivity contribution in [3.05, 3.63) is 77.9 Å². The van der Waals surface area contributed by atoms with Gasteiger partial charge in [0.15, 0.2) is 0 Å². The van der Waals surface area contributed by atoms with Crippen LogP contribution in [0.2, 0.25) is 0 Å². The standard InChI is InChI=1S/C30H32N4O3/c1-3-34-27-9-5-4-8-25(27)26-20-24(15-16-28(26)34)32-29(35)10-6-17-33(18-7-19-37-2)30(36)23-13-11-22(21-31)12-14-23/h4-5,8-9,11-16,20H,3,6-7,10,17-19H2,1-2H3,(H,32,35). The third-order valence-electron chi connectivity index (χ3n) is 6.53. The summed E-state index contributed by atoms with van der Waals surface area (Å²) in [5.74, 6) is -0.194. The Hall–Kier alpha value is -4.15. The summed E-state index contributed by atoms with van der Waals surface area (Å²) in [6.45, 7) is 4.55. The number of nitrogens with one attached hydrogen (secondary N) is 1. The Balaban J connectivity index is 1.39. The molecule has 1 N–H and O–H groups in total. The Kier molecular flexibility index (Phi) is 8.55. The third-order valence-corrected chi connectivity index (χ3v) is 6.53. The number of amides is 2. The van der Waals surface area contributed by atoms with Gasteiger partial charge in [0.1, 0.15) is 0 Å². The highest BCUT2D eigenvalue weighted by Gasteiger charge is 2.16. The highest BCUT2D eigenvalue weighted by Crippen LogP contribution is 2.31.